The fourth-order valence-corrected chi connectivity index (χ4v) is 2.17. The van der Waals surface area contributed by atoms with Crippen LogP contribution in [-0.4, -0.2) is 16.6 Å². The molecule has 4 nitrogen and oxygen atoms in total. The van der Waals surface area contributed by atoms with E-state index in [-0.39, 0.29) is 6.54 Å². The Labute approximate surface area is 122 Å². The van der Waals surface area contributed by atoms with Crippen LogP contribution in [0.25, 0.3) is 0 Å². The highest BCUT2D eigenvalue weighted by atomic mass is 35.5. The van der Waals surface area contributed by atoms with Crippen LogP contribution in [0.3, 0.4) is 0 Å². The zero-order chi connectivity index (χ0) is 14.6. The van der Waals surface area contributed by atoms with Gasteiger partial charge in [0.1, 0.15) is 17.4 Å². The molecule has 0 saturated carbocycles. The predicted molar refractivity (Wildman–Crippen MR) is 78.5 cm³/mol. The Morgan fingerprint density at radius 3 is 2.70 bits per heavy atom. The van der Waals surface area contributed by atoms with Gasteiger partial charge >= 0.3 is 0 Å². The van der Waals surface area contributed by atoms with Crippen molar-refractivity contribution in [1.82, 2.24) is 4.98 Å². The molecule has 2 rings (SSSR count). The first-order valence-corrected chi connectivity index (χ1v) is 6.48. The summed E-state index contributed by atoms with van der Waals surface area (Å²) in [6, 6.07) is 12.5. The van der Waals surface area contributed by atoms with Gasteiger partial charge in [0.2, 0.25) is 0 Å². The highest BCUT2D eigenvalue weighted by Gasteiger charge is 2.25. The van der Waals surface area contributed by atoms with Crippen molar-refractivity contribution in [2.45, 2.75) is 12.5 Å². The first-order chi connectivity index (χ1) is 9.53. The van der Waals surface area contributed by atoms with Crippen molar-refractivity contribution in [1.29, 1.82) is 5.26 Å². The van der Waals surface area contributed by atoms with Crippen LogP contribution in [0.15, 0.2) is 42.6 Å². The van der Waals surface area contributed by atoms with Gasteiger partial charge in [-0.25, -0.2) is 4.98 Å². The Balaban J connectivity index is 2.09. The molecule has 0 fully saturated rings. The van der Waals surface area contributed by atoms with Gasteiger partial charge in [-0.05, 0) is 25.1 Å². The van der Waals surface area contributed by atoms with E-state index in [4.69, 9.17) is 16.9 Å². The second-order valence-corrected chi connectivity index (χ2v) is 5.06. The van der Waals surface area contributed by atoms with Gasteiger partial charge in [-0.15, -0.1) is 0 Å². The fraction of sp³-hybridized carbons (Fsp3) is 0.200. The molecule has 0 spiro atoms. The summed E-state index contributed by atoms with van der Waals surface area (Å²) in [5.74, 6) is 0. The lowest BCUT2D eigenvalue weighted by Crippen LogP contribution is -2.31. The van der Waals surface area contributed by atoms with Gasteiger partial charge in [-0.3, -0.25) is 0 Å². The van der Waals surface area contributed by atoms with Crippen molar-refractivity contribution < 1.29 is 5.11 Å². The molecule has 0 amide bonds. The topological polar surface area (TPSA) is 68.9 Å². The number of nitriles is 1. The average molecular weight is 288 g/mol. The largest absolute Gasteiger partial charge is 0.384 e. The molecule has 1 atom stereocenters. The summed E-state index contributed by atoms with van der Waals surface area (Å²) in [6.45, 7) is 1.97. The maximum absolute atomic E-state index is 10.5. The van der Waals surface area contributed by atoms with Crippen LogP contribution in [0.4, 0.5) is 5.69 Å². The Kier molecular flexibility index (Phi) is 4.23. The van der Waals surface area contributed by atoms with Crippen molar-refractivity contribution in [2.24, 2.45) is 0 Å². The molecule has 1 heterocycles. The number of aromatic nitrogens is 1. The molecule has 0 aliphatic heterocycles. The third-order valence-electron chi connectivity index (χ3n) is 2.97. The van der Waals surface area contributed by atoms with Gasteiger partial charge in [0.15, 0.2) is 0 Å². The molecule has 0 bridgehead atoms. The minimum Gasteiger partial charge on any atom is -0.384 e. The highest BCUT2D eigenvalue weighted by Crippen LogP contribution is 2.28. The number of benzene rings is 1. The van der Waals surface area contributed by atoms with Gasteiger partial charge in [0.25, 0.3) is 0 Å². The Morgan fingerprint density at radius 1 is 1.35 bits per heavy atom. The summed E-state index contributed by atoms with van der Waals surface area (Å²) < 4.78 is 0. The molecule has 5 heteroatoms. The quantitative estimate of drug-likeness (QED) is 0.907. The summed E-state index contributed by atoms with van der Waals surface area (Å²) >= 11 is 6.09. The monoisotopic (exact) mass is 287 g/mol. The number of halogens is 1. The standard InChI is InChI=1S/C15H14ClN3O/c1-15(20,13-4-2-3-5-14(13)16)10-19-12-7-6-11(8-17)18-9-12/h2-7,9,19-20H,10H2,1H3. The van der Waals surface area contributed by atoms with Crippen molar-refractivity contribution in [3.8, 4) is 6.07 Å². The van der Waals surface area contributed by atoms with E-state index in [1.165, 1.54) is 0 Å². The number of nitrogens with one attached hydrogen (secondary N) is 1. The smallest absolute Gasteiger partial charge is 0.140 e. The lowest BCUT2D eigenvalue weighted by Gasteiger charge is -2.25. The summed E-state index contributed by atoms with van der Waals surface area (Å²) in [5.41, 5.74) is 0.646. The number of nitrogens with zero attached hydrogens (tertiary/aromatic N) is 2. The fourth-order valence-electron chi connectivity index (χ4n) is 1.83. The average Bonchev–Trinajstić information content (AvgIpc) is 2.46. The van der Waals surface area contributed by atoms with Crippen LogP contribution in [0, 0.1) is 11.3 Å². The Hall–Kier alpha value is -2.09. The number of hydrogen-bond donors (Lipinski definition) is 2. The summed E-state index contributed by atoms with van der Waals surface area (Å²) in [6.07, 6.45) is 1.56. The minimum absolute atomic E-state index is 0.282. The number of hydrogen-bond acceptors (Lipinski definition) is 4. The van der Waals surface area contributed by atoms with E-state index in [0.717, 1.165) is 5.69 Å². The molecule has 102 valence electrons. The van der Waals surface area contributed by atoms with Crippen LogP contribution < -0.4 is 5.32 Å². The second-order valence-electron chi connectivity index (χ2n) is 4.65. The van der Waals surface area contributed by atoms with Crippen molar-refractivity contribution >= 4 is 17.3 Å². The molecule has 0 radical (unpaired) electrons. The first kappa shape index (κ1) is 14.3. The molecule has 0 aliphatic rings. The SMILES string of the molecule is CC(O)(CNc1ccc(C#N)nc1)c1ccccc1Cl. The van der Waals surface area contributed by atoms with Gasteiger partial charge in [-0.1, -0.05) is 29.8 Å². The van der Waals surface area contributed by atoms with Crippen LogP contribution in [0.5, 0.6) is 0 Å². The van der Waals surface area contributed by atoms with Gasteiger partial charge in [-0.2, -0.15) is 5.26 Å². The molecule has 2 N–H and O–H groups in total. The van der Waals surface area contributed by atoms with Crippen molar-refractivity contribution in [3.63, 3.8) is 0 Å². The summed E-state index contributed by atoms with van der Waals surface area (Å²) in [7, 11) is 0. The molecular formula is C15H14ClN3O. The zero-order valence-electron chi connectivity index (χ0n) is 11.0. The number of pyridine rings is 1. The van der Waals surface area contributed by atoms with Crippen molar-refractivity contribution in [2.75, 3.05) is 11.9 Å². The van der Waals surface area contributed by atoms with E-state index in [9.17, 15) is 5.11 Å². The molecular weight excluding hydrogens is 274 g/mol. The van der Waals surface area contributed by atoms with Crippen molar-refractivity contribution in [3.05, 3.63) is 58.9 Å². The van der Waals surface area contributed by atoms with E-state index < -0.39 is 5.60 Å². The summed E-state index contributed by atoms with van der Waals surface area (Å²) in [4.78, 5) is 3.96. The van der Waals surface area contributed by atoms with Gasteiger partial charge in [0, 0.05) is 17.1 Å². The zero-order valence-corrected chi connectivity index (χ0v) is 11.7. The van der Waals surface area contributed by atoms with Gasteiger partial charge in [0.05, 0.1) is 11.9 Å². The van der Waals surface area contributed by atoms with E-state index in [0.29, 0.717) is 16.3 Å². The molecule has 1 aromatic heterocycles. The minimum atomic E-state index is -1.10. The van der Waals surface area contributed by atoms with E-state index in [1.807, 2.05) is 18.2 Å². The maximum atomic E-state index is 10.5. The highest BCUT2D eigenvalue weighted by molar-refractivity contribution is 6.31. The number of rotatable bonds is 4. The van der Waals surface area contributed by atoms with E-state index >= 15 is 0 Å². The van der Waals surface area contributed by atoms with E-state index in [1.54, 1.807) is 37.4 Å². The van der Waals surface area contributed by atoms with Crippen LogP contribution in [-0.2, 0) is 5.60 Å². The predicted octanol–water partition coefficient (Wildman–Crippen LogP) is 2.93. The molecule has 20 heavy (non-hydrogen) atoms. The lowest BCUT2D eigenvalue weighted by atomic mass is 9.96. The Morgan fingerprint density at radius 2 is 2.10 bits per heavy atom. The van der Waals surface area contributed by atoms with Crippen LogP contribution >= 0.6 is 11.6 Å². The third kappa shape index (κ3) is 3.27. The Bertz CT molecular complexity index is 632. The number of aliphatic hydroxyl groups is 1. The molecule has 1 aromatic carbocycles. The molecule has 2 aromatic rings. The normalized spacial score (nSPS) is 13.3. The first-order valence-electron chi connectivity index (χ1n) is 6.10. The summed E-state index contributed by atoms with van der Waals surface area (Å²) in [5, 5.41) is 22.8. The molecule has 0 aliphatic carbocycles. The molecule has 1 unspecified atom stereocenters. The van der Waals surface area contributed by atoms with Crippen LogP contribution in [0.2, 0.25) is 5.02 Å². The van der Waals surface area contributed by atoms with E-state index in [2.05, 4.69) is 10.3 Å². The maximum Gasteiger partial charge on any atom is 0.140 e. The third-order valence-corrected chi connectivity index (χ3v) is 3.30. The van der Waals surface area contributed by atoms with Gasteiger partial charge < -0.3 is 10.4 Å². The lowest BCUT2D eigenvalue weighted by molar-refractivity contribution is 0.0716. The second kappa shape index (κ2) is 5.91. The van der Waals surface area contributed by atoms with Crippen LogP contribution in [0.1, 0.15) is 18.2 Å². The number of anilines is 1. The molecule has 0 saturated heterocycles.